The van der Waals surface area contributed by atoms with Crippen LogP contribution in [0.2, 0.25) is 0 Å². The van der Waals surface area contributed by atoms with Gasteiger partial charge in [0.1, 0.15) is 0 Å². The third-order valence-electron chi connectivity index (χ3n) is 0.641. The Morgan fingerprint density at radius 1 is 1.88 bits per heavy atom. The van der Waals surface area contributed by atoms with Crippen molar-refractivity contribution in [2.24, 2.45) is 5.84 Å². The Balaban J connectivity index is 2.99. The van der Waals surface area contributed by atoms with E-state index in [1.807, 2.05) is 6.92 Å². The van der Waals surface area contributed by atoms with E-state index in [9.17, 15) is 0 Å². The van der Waals surface area contributed by atoms with Crippen molar-refractivity contribution in [3.8, 4) is 0 Å². The highest BCUT2D eigenvalue weighted by atomic mass is 16.5. The zero-order valence-corrected chi connectivity index (χ0v) is 5.11. The summed E-state index contributed by atoms with van der Waals surface area (Å²) in [5.74, 6) is 5.36. The second kappa shape index (κ2) is 4.46. The van der Waals surface area contributed by atoms with Crippen LogP contribution in [-0.4, -0.2) is 6.61 Å². The lowest BCUT2D eigenvalue weighted by atomic mass is 10.5. The van der Waals surface area contributed by atoms with Crippen molar-refractivity contribution in [3.05, 3.63) is 12.5 Å². The van der Waals surface area contributed by atoms with Crippen LogP contribution >= 0.6 is 0 Å². The highest BCUT2D eigenvalue weighted by Gasteiger charge is 1.84. The summed E-state index contributed by atoms with van der Waals surface area (Å²) in [6, 6.07) is 0. The standard InChI is InChI=1S/C5H12N2O/c1-3-4-8-5(2)7-6/h7H,2-4,6H2,1H3. The highest BCUT2D eigenvalue weighted by Crippen LogP contribution is 1.85. The van der Waals surface area contributed by atoms with E-state index in [-0.39, 0.29) is 0 Å². The van der Waals surface area contributed by atoms with Gasteiger partial charge >= 0.3 is 0 Å². The van der Waals surface area contributed by atoms with Crippen LogP contribution in [0, 0.1) is 0 Å². The van der Waals surface area contributed by atoms with Gasteiger partial charge in [-0.1, -0.05) is 6.92 Å². The lowest BCUT2D eigenvalue weighted by Gasteiger charge is -2.04. The number of hydrogen-bond acceptors (Lipinski definition) is 3. The first-order valence-corrected chi connectivity index (χ1v) is 2.59. The maximum absolute atomic E-state index is 4.94. The van der Waals surface area contributed by atoms with E-state index >= 15 is 0 Å². The average molecular weight is 116 g/mol. The quantitative estimate of drug-likeness (QED) is 0.316. The number of ether oxygens (including phenoxy) is 1. The van der Waals surface area contributed by atoms with Crippen molar-refractivity contribution < 1.29 is 4.74 Å². The Morgan fingerprint density at radius 3 is 2.88 bits per heavy atom. The molecule has 0 aromatic carbocycles. The first-order chi connectivity index (χ1) is 3.81. The van der Waals surface area contributed by atoms with Gasteiger partial charge in [0, 0.05) is 0 Å². The van der Waals surface area contributed by atoms with Crippen LogP contribution in [0.25, 0.3) is 0 Å². The molecule has 0 heterocycles. The SMILES string of the molecule is C=C(NN)OCCC. The number of hydrazine groups is 1. The zero-order valence-electron chi connectivity index (χ0n) is 5.11. The summed E-state index contributed by atoms with van der Waals surface area (Å²) in [4.78, 5) is 0. The van der Waals surface area contributed by atoms with Crippen molar-refractivity contribution in [3.63, 3.8) is 0 Å². The van der Waals surface area contributed by atoms with E-state index in [1.54, 1.807) is 0 Å². The van der Waals surface area contributed by atoms with Crippen molar-refractivity contribution in [2.45, 2.75) is 13.3 Å². The van der Waals surface area contributed by atoms with Gasteiger partial charge in [-0.15, -0.1) is 0 Å². The van der Waals surface area contributed by atoms with Gasteiger partial charge in [0.2, 0.25) is 0 Å². The van der Waals surface area contributed by atoms with Gasteiger partial charge in [-0.2, -0.15) is 0 Å². The van der Waals surface area contributed by atoms with Gasteiger partial charge < -0.3 is 4.74 Å². The van der Waals surface area contributed by atoms with Crippen LogP contribution < -0.4 is 11.3 Å². The predicted molar refractivity (Wildman–Crippen MR) is 32.7 cm³/mol. The molecule has 8 heavy (non-hydrogen) atoms. The molecule has 0 radical (unpaired) electrons. The molecule has 0 aliphatic rings. The minimum atomic E-state index is 0.423. The Bertz CT molecular complexity index is 72.8. The Labute approximate surface area is 49.5 Å². The van der Waals surface area contributed by atoms with E-state index in [2.05, 4.69) is 12.0 Å². The Morgan fingerprint density at radius 2 is 2.50 bits per heavy atom. The molecule has 0 aliphatic heterocycles. The topological polar surface area (TPSA) is 47.3 Å². The molecule has 0 amide bonds. The molecule has 3 N–H and O–H groups in total. The summed E-state index contributed by atoms with van der Waals surface area (Å²) in [5, 5.41) is 0. The van der Waals surface area contributed by atoms with Crippen molar-refractivity contribution in [1.82, 2.24) is 5.43 Å². The normalized spacial score (nSPS) is 8.25. The first-order valence-electron chi connectivity index (χ1n) is 2.59. The van der Waals surface area contributed by atoms with Gasteiger partial charge in [-0.25, -0.2) is 5.84 Å². The maximum atomic E-state index is 4.94. The minimum absolute atomic E-state index is 0.423. The lowest BCUT2D eigenvalue weighted by Crippen LogP contribution is -2.22. The summed E-state index contributed by atoms with van der Waals surface area (Å²) in [6.07, 6.45) is 0.973. The smallest absolute Gasteiger partial charge is 0.193 e. The van der Waals surface area contributed by atoms with Gasteiger partial charge in [-0.3, -0.25) is 5.43 Å². The third kappa shape index (κ3) is 3.49. The van der Waals surface area contributed by atoms with Gasteiger partial charge in [0.05, 0.1) is 6.61 Å². The van der Waals surface area contributed by atoms with Crippen LogP contribution in [-0.2, 0) is 4.74 Å². The van der Waals surface area contributed by atoms with E-state index in [1.165, 1.54) is 0 Å². The number of nitrogens with two attached hydrogens (primary N) is 1. The van der Waals surface area contributed by atoms with Crippen LogP contribution in [0.15, 0.2) is 12.5 Å². The van der Waals surface area contributed by atoms with Crippen molar-refractivity contribution >= 4 is 0 Å². The molecule has 0 rings (SSSR count). The molecule has 0 unspecified atom stereocenters. The molecular formula is C5H12N2O. The maximum Gasteiger partial charge on any atom is 0.193 e. The highest BCUT2D eigenvalue weighted by molar-refractivity contribution is 4.73. The fraction of sp³-hybridized carbons (Fsp3) is 0.600. The van der Waals surface area contributed by atoms with Crippen LogP contribution in [0.3, 0.4) is 0 Å². The zero-order chi connectivity index (χ0) is 6.41. The fourth-order valence-electron chi connectivity index (χ4n) is 0.267. The summed E-state index contributed by atoms with van der Waals surface area (Å²) in [6.45, 7) is 6.14. The molecular weight excluding hydrogens is 104 g/mol. The second-order valence-corrected chi connectivity index (χ2v) is 1.42. The minimum Gasteiger partial charge on any atom is -0.479 e. The molecule has 0 aromatic heterocycles. The molecule has 0 aromatic rings. The number of nitrogens with one attached hydrogen (secondary N) is 1. The predicted octanol–water partition coefficient (Wildman–Crippen LogP) is 0.347. The van der Waals surface area contributed by atoms with E-state index in [4.69, 9.17) is 10.6 Å². The summed E-state index contributed by atoms with van der Waals surface area (Å²) >= 11 is 0. The largest absolute Gasteiger partial charge is 0.479 e. The Hall–Kier alpha value is -0.700. The van der Waals surface area contributed by atoms with Gasteiger partial charge in [-0.05, 0) is 13.0 Å². The average Bonchev–Trinajstić information content (AvgIpc) is 1.83. The van der Waals surface area contributed by atoms with Crippen LogP contribution in [0.5, 0.6) is 0 Å². The number of rotatable bonds is 4. The van der Waals surface area contributed by atoms with Crippen molar-refractivity contribution in [1.29, 1.82) is 0 Å². The molecule has 3 nitrogen and oxygen atoms in total. The second-order valence-electron chi connectivity index (χ2n) is 1.42. The van der Waals surface area contributed by atoms with E-state index < -0.39 is 0 Å². The monoisotopic (exact) mass is 116 g/mol. The first kappa shape index (κ1) is 7.30. The summed E-state index contributed by atoms with van der Waals surface area (Å²) in [7, 11) is 0. The van der Waals surface area contributed by atoms with Crippen LogP contribution in [0.4, 0.5) is 0 Å². The van der Waals surface area contributed by atoms with Gasteiger partial charge in [0.15, 0.2) is 5.88 Å². The van der Waals surface area contributed by atoms with E-state index in [0.29, 0.717) is 12.5 Å². The molecule has 3 heteroatoms. The molecule has 0 spiro atoms. The molecule has 0 atom stereocenters. The third-order valence-corrected chi connectivity index (χ3v) is 0.641. The van der Waals surface area contributed by atoms with Crippen LogP contribution in [0.1, 0.15) is 13.3 Å². The molecule has 0 fully saturated rings. The van der Waals surface area contributed by atoms with E-state index in [0.717, 1.165) is 6.42 Å². The Kier molecular flexibility index (Phi) is 4.07. The van der Waals surface area contributed by atoms with Crippen molar-refractivity contribution in [2.75, 3.05) is 6.61 Å². The summed E-state index contributed by atoms with van der Waals surface area (Å²) in [5.41, 5.74) is 2.28. The fourth-order valence-corrected chi connectivity index (χ4v) is 0.267. The lowest BCUT2D eigenvalue weighted by molar-refractivity contribution is 0.193. The van der Waals surface area contributed by atoms with Gasteiger partial charge in [0.25, 0.3) is 0 Å². The molecule has 0 bridgehead atoms. The molecule has 0 saturated heterocycles. The molecule has 0 saturated carbocycles. The molecule has 48 valence electrons. The summed E-state index contributed by atoms with van der Waals surface area (Å²) < 4.78 is 4.91. The number of hydrogen-bond donors (Lipinski definition) is 2. The molecule has 0 aliphatic carbocycles.